The molecule has 0 bridgehead atoms. The van der Waals surface area contributed by atoms with E-state index in [1.807, 2.05) is 43.3 Å². The van der Waals surface area contributed by atoms with Gasteiger partial charge in [0.2, 0.25) is 0 Å². The smallest absolute Gasteiger partial charge is 0.146 e. The van der Waals surface area contributed by atoms with E-state index in [1.165, 1.54) is 5.56 Å². The van der Waals surface area contributed by atoms with Crippen LogP contribution in [0, 0.1) is 6.92 Å². The Balaban J connectivity index is 2.12. The first-order valence-electron chi connectivity index (χ1n) is 7.37. The molecule has 2 rings (SSSR count). The Labute approximate surface area is 132 Å². The van der Waals surface area contributed by atoms with E-state index < -0.39 is 0 Å². The van der Waals surface area contributed by atoms with E-state index in [9.17, 15) is 0 Å². The van der Waals surface area contributed by atoms with E-state index >= 15 is 0 Å². The zero-order valence-electron chi connectivity index (χ0n) is 12.8. The molecule has 1 N–H and O–H groups in total. The zero-order valence-corrected chi connectivity index (χ0v) is 13.6. The number of ether oxygens (including phenoxy) is 1. The third-order valence-electron chi connectivity index (χ3n) is 3.37. The summed E-state index contributed by atoms with van der Waals surface area (Å²) in [5, 5.41) is 4.09. The summed E-state index contributed by atoms with van der Waals surface area (Å²) < 4.78 is 5.85. The maximum Gasteiger partial charge on any atom is 0.146 e. The van der Waals surface area contributed by atoms with Crippen molar-refractivity contribution in [1.29, 1.82) is 0 Å². The first kappa shape index (κ1) is 15.9. The Morgan fingerprint density at radius 2 is 2.00 bits per heavy atom. The van der Waals surface area contributed by atoms with Crippen LogP contribution in [0.5, 0.6) is 11.5 Å². The molecule has 0 aliphatic heterocycles. The fraction of sp³-hybridized carbons (Fsp3) is 0.333. The Morgan fingerprint density at radius 1 is 1.19 bits per heavy atom. The van der Waals surface area contributed by atoms with Gasteiger partial charge in [0.25, 0.3) is 0 Å². The maximum atomic E-state index is 6.34. The molecule has 0 spiro atoms. The lowest BCUT2D eigenvalue weighted by Gasteiger charge is -2.15. The van der Waals surface area contributed by atoms with Crippen molar-refractivity contribution in [2.45, 2.75) is 33.2 Å². The van der Waals surface area contributed by atoms with Crippen molar-refractivity contribution in [2.75, 3.05) is 6.54 Å². The van der Waals surface area contributed by atoms with E-state index in [0.29, 0.717) is 10.8 Å². The van der Waals surface area contributed by atoms with Gasteiger partial charge in [0, 0.05) is 6.04 Å². The first-order valence-corrected chi connectivity index (χ1v) is 7.75. The van der Waals surface area contributed by atoms with Gasteiger partial charge in [-0.3, -0.25) is 0 Å². The monoisotopic (exact) mass is 303 g/mol. The molecule has 2 aromatic rings. The molecule has 0 aromatic heterocycles. The van der Waals surface area contributed by atoms with Gasteiger partial charge in [0.1, 0.15) is 11.5 Å². The quantitative estimate of drug-likeness (QED) is 0.760. The van der Waals surface area contributed by atoms with Crippen LogP contribution >= 0.6 is 11.6 Å². The normalized spacial score (nSPS) is 12.2. The number of halogens is 1. The lowest BCUT2D eigenvalue weighted by molar-refractivity contribution is 0.481. The molecule has 0 aliphatic rings. The third kappa shape index (κ3) is 4.48. The van der Waals surface area contributed by atoms with Crippen molar-refractivity contribution in [2.24, 2.45) is 0 Å². The van der Waals surface area contributed by atoms with Crippen LogP contribution in [0.25, 0.3) is 0 Å². The minimum Gasteiger partial charge on any atom is -0.456 e. The molecule has 0 aliphatic carbocycles. The molecule has 2 aromatic carbocycles. The summed E-state index contributed by atoms with van der Waals surface area (Å²) in [4.78, 5) is 0. The molecule has 0 heterocycles. The molecule has 0 saturated heterocycles. The van der Waals surface area contributed by atoms with E-state index in [4.69, 9.17) is 16.3 Å². The highest BCUT2D eigenvalue weighted by atomic mass is 35.5. The summed E-state index contributed by atoms with van der Waals surface area (Å²) in [7, 11) is 0. The van der Waals surface area contributed by atoms with Crippen molar-refractivity contribution in [3.8, 4) is 11.5 Å². The minimum atomic E-state index is 0.287. The van der Waals surface area contributed by atoms with Crippen molar-refractivity contribution >= 4 is 11.6 Å². The highest BCUT2D eigenvalue weighted by Crippen LogP contribution is 2.31. The molecule has 3 heteroatoms. The Morgan fingerprint density at radius 3 is 2.67 bits per heavy atom. The van der Waals surface area contributed by atoms with Crippen molar-refractivity contribution in [1.82, 2.24) is 5.32 Å². The van der Waals surface area contributed by atoms with E-state index in [0.717, 1.165) is 24.3 Å². The Hall–Kier alpha value is -1.51. The van der Waals surface area contributed by atoms with Crippen LogP contribution < -0.4 is 10.1 Å². The molecule has 1 atom stereocenters. The molecule has 0 radical (unpaired) electrons. The van der Waals surface area contributed by atoms with Gasteiger partial charge in [-0.1, -0.05) is 36.7 Å². The van der Waals surface area contributed by atoms with E-state index in [1.54, 1.807) is 0 Å². The van der Waals surface area contributed by atoms with Gasteiger partial charge in [0.05, 0.1) is 5.02 Å². The third-order valence-corrected chi connectivity index (χ3v) is 3.67. The SMILES string of the molecule is CCCNC(C)c1ccc(Oc2cccc(C)c2)c(Cl)c1. The topological polar surface area (TPSA) is 21.3 Å². The second-order valence-corrected chi connectivity index (χ2v) is 5.69. The molecular weight excluding hydrogens is 282 g/mol. The van der Waals surface area contributed by atoms with Gasteiger partial charge in [-0.2, -0.15) is 0 Å². The van der Waals surface area contributed by atoms with Gasteiger partial charge >= 0.3 is 0 Å². The Bertz CT molecular complexity index is 598. The van der Waals surface area contributed by atoms with Crippen molar-refractivity contribution in [3.63, 3.8) is 0 Å². The van der Waals surface area contributed by atoms with E-state index in [-0.39, 0.29) is 6.04 Å². The highest BCUT2D eigenvalue weighted by Gasteiger charge is 2.09. The number of nitrogens with one attached hydrogen (secondary N) is 1. The van der Waals surface area contributed by atoms with E-state index in [2.05, 4.69) is 25.2 Å². The lowest BCUT2D eigenvalue weighted by Crippen LogP contribution is -2.19. The standard InChI is InChI=1S/C18H22ClNO/c1-4-10-20-14(3)15-8-9-18(17(19)12-15)21-16-7-5-6-13(2)11-16/h5-9,11-12,14,20H,4,10H2,1-3H3. The van der Waals surface area contributed by atoms with Crippen molar-refractivity contribution in [3.05, 3.63) is 58.6 Å². The maximum absolute atomic E-state index is 6.34. The van der Waals surface area contributed by atoms with Gasteiger partial charge in [-0.05, 0) is 62.2 Å². The molecule has 0 fully saturated rings. The summed E-state index contributed by atoms with van der Waals surface area (Å²) >= 11 is 6.34. The molecule has 0 amide bonds. The summed E-state index contributed by atoms with van der Waals surface area (Å²) in [6.07, 6.45) is 1.12. The van der Waals surface area contributed by atoms with Gasteiger partial charge < -0.3 is 10.1 Å². The average molecular weight is 304 g/mol. The van der Waals surface area contributed by atoms with Crippen LogP contribution in [0.2, 0.25) is 5.02 Å². The predicted octanol–water partition coefficient (Wildman–Crippen LogP) is 5.50. The molecule has 21 heavy (non-hydrogen) atoms. The fourth-order valence-electron chi connectivity index (χ4n) is 2.15. The minimum absolute atomic E-state index is 0.287. The lowest BCUT2D eigenvalue weighted by atomic mass is 10.1. The van der Waals surface area contributed by atoms with Crippen LogP contribution in [-0.2, 0) is 0 Å². The molecule has 0 saturated carbocycles. The molecule has 2 nitrogen and oxygen atoms in total. The molecule has 112 valence electrons. The van der Waals surface area contributed by atoms with Crippen LogP contribution in [-0.4, -0.2) is 6.54 Å². The summed E-state index contributed by atoms with van der Waals surface area (Å²) in [6.45, 7) is 7.34. The molecule has 1 unspecified atom stereocenters. The summed E-state index contributed by atoms with van der Waals surface area (Å²) in [5.41, 5.74) is 2.34. The number of aryl methyl sites for hydroxylation is 1. The van der Waals surface area contributed by atoms with Crippen LogP contribution in [0.4, 0.5) is 0 Å². The number of hydrogen-bond donors (Lipinski definition) is 1. The fourth-order valence-corrected chi connectivity index (χ4v) is 2.38. The zero-order chi connectivity index (χ0) is 15.2. The molecular formula is C18H22ClNO. The highest BCUT2D eigenvalue weighted by molar-refractivity contribution is 6.32. The first-order chi connectivity index (χ1) is 10.1. The second-order valence-electron chi connectivity index (χ2n) is 5.28. The largest absolute Gasteiger partial charge is 0.456 e. The second kappa shape index (κ2) is 7.48. The average Bonchev–Trinajstić information content (AvgIpc) is 2.47. The van der Waals surface area contributed by atoms with Crippen LogP contribution in [0.1, 0.15) is 37.4 Å². The Kier molecular flexibility index (Phi) is 5.66. The number of benzene rings is 2. The van der Waals surface area contributed by atoms with Crippen LogP contribution in [0.3, 0.4) is 0 Å². The van der Waals surface area contributed by atoms with Gasteiger partial charge in [-0.15, -0.1) is 0 Å². The number of rotatable bonds is 6. The van der Waals surface area contributed by atoms with Crippen LogP contribution in [0.15, 0.2) is 42.5 Å². The van der Waals surface area contributed by atoms with Crippen molar-refractivity contribution < 1.29 is 4.74 Å². The summed E-state index contributed by atoms with van der Waals surface area (Å²) in [6, 6.07) is 14.2. The number of hydrogen-bond acceptors (Lipinski definition) is 2. The summed E-state index contributed by atoms with van der Waals surface area (Å²) in [5.74, 6) is 1.50. The van der Waals surface area contributed by atoms with Gasteiger partial charge in [-0.25, -0.2) is 0 Å². The predicted molar refractivity (Wildman–Crippen MR) is 89.4 cm³/mol. The van der Waals surface area contributed by atoms with Gasteiger partial charge in [0.15, 0.2) is 0 Å².